The number of benzene rings is 2. The number of carbonyl (C=O) groups is 1. The van der Waals surface area contributed by atoms with Crippen molar-refractivity contribution in [3.8, 4) is 0 Å². The van der Waals surface area contributed by atoms with Gasteiger partial charge in [-0.25, -0.2) is 0 Å². The lowest BCUT2D eigenvalue weighted by Crippen LogP contribution is -2.29. The van der Waals surface area contributed by atoms with Crippen molar-refractivity contribution in [1.82, 2.24) is 0 Å². The van der Waals surface area contributed by atoms with Gasteiger partial charge in [-0.05, 0) is 35.6 Å². The zero-order valence-corrected chi connectivity index (χ0v) is 12.0. The van der Waals surface area contributed by atoms with Gasteiger partial charge in [-0.15, -0.1) is 0 Å². The quantitative estimate of drug-likeness (QED) is 0.939. The molecule has 0 aliphatic carbocycles. The Labute approximate surface area is 124 Å². The predicted molar refractivity (Wildman–Crippen MR) is 82.9 cm³/mol. The molecule has 0 saturated carbocycles. The molecule has 0 radical (unpaired) electrons. The molecule has 21 heavy (non-hydrogen) atoms. The molecule has 0 fully saturated rings. The van der Waals surface area contributed by atoms with Crippen LogP contribution < -0.4 is 4.90 Å². The smallest absolute Gasteiger partial charge is 0.227 e. The van der Waals surface area contributed by atoms with Crippen molar-refractivity contribution in [3.05, 3.63) is 65.2 Å². The second-order valence-electron chi connectivity index (χ2n) is 5.44. The number of aryl methyl sites for hydroxylation is 1. The number of aliphatic hydroxyl groups excluding tert-OH is 1. The summed E-state index contributed by atoms with van der Waals surface area (Å²) in [5, 5.41) is 9.09. The highest BCUT2D eigenvalue weighted by molar-refractivity contribution is 5.94. The minimum Gasteiger partial charge on any atom is -0.392 e. The molecule has 1 aliphatic rings. The molecule has 0 atom stereocenters. The number of hydrogen-bond acceptors (Lipinski definition) is 2. The topological polar surface area (TPSA) is 40.5 Å². The van der Waals surface area contributed by atoms with E-state index in [2.05, 4.69) is 6.07 Å². The highest BCUT2D eigenvalue weighted by Crippen LogP contribution is 2.28. The Morgan fingerprint density at radius 2 is 1.67 bits per heavy atom. The summed E-state index contributed by atoms with van der Waals surface area (Å²) in [6.07, 6.45) is 2.47. The molecular formula is C18H19NO2. The number of amides is 1. The van der Waals surface area contributed by atoms with Gasteiger partial charge >= 0.3 is 0 Å². The summed E-state index contributed by atoms with van der Waals surface area (Å²) in [4.78, 5) is 14.3. The number of fused-ring (bicyclic) bond motifs is 1. The van der Waals surface area contributed by atoms with Crippen molar-refractivity contribution in [3.63, 3.8) is 0 Å². The van der Waals surface area contributed by atoms with E-state index in [1.807, 2.05) is 47.4 Å². The molecule has 3 nitrogen and oxygen atoms in total. The van der Waals surface area contributed by atoms with Gasteiger partial charge in [0.1, 0.15) is 0 Å². The van der Waals surface area contributed by atoms with Gasteiger partial charge in [0.25, 0.3) is 0 Å². The highest BCUT2D eigenvalue weighted by Gasteiger charge is 2.21. The van der Waals surface area contributed by atoms with Gasteiger partial charge in [0.2, 0.25) is 5.91 Å². The normalized spacial score (nSPS) is 14.7. The van der Waals surface area contributed by atoms with Crippen molar-refractivity contribution in [2.75, 3.05) is 4.90 Å². The number of aliphatic hydroxyl groups is 1. The molecule has 1 N–H and O–H groups in total. The Hall–Kier alpha value is -2.13. The number of rotatable bonds is 3. The lowest BCUT2D eigenvalue weighted by Gasteiger charge is -2.23. The predicted octanol–water partition coefficient (Wildman–Crippen LogP) is 3.05. The van der Waals surface area contributed by atoms with Crippen molar-refractivity contribution < 1.29 is 9.90 Å². The molecule has 0 bridgehead atoms. The zero-order chi connectivity index (χ0) is 14.7. The average molecular weight is 281 g/mol. The van der Waals surface area contributed by atoms with E-state index in [1.165, 1.54) is 5.56 Å². The third-order valence-electron chi connectivity index (χ3n) is 3.97. The van der Waals surface area contributed by atoms with Crippen molar-refractivity contribution in [1.29, 1.82) is 0 Å². The molecule has 0 spiro atoms. The van der Waals surface area contributed by atoms with Gasteiger partial charge < -0.3 is 10.0 Å². The summed E-state index contributed by atoms with van der Waals surface area (Å²) in [6, 6.07) is 15.9. The van der Waals surface area contributed by atoms with Crippen molar-refractivity contribution in [2.24, 2.45) is 0 Å². The average Bonchev–Trinajstić information content (AvgIpc) is 2.68. The Kier molecular flexibility index (Phi) is 4.02. The molecule has 2 aromatic carbocycles. The second-order valence-corrected chi connectivity index (χ2v) is 5.44. The number of anilines is 1. The van der Waals surface area contributed by atoms with Crippen LogP contribution in [0.2, 0.25) is 0 Å². The van der Waals surface area contributed by atoms with E-state index in [-0.39, 0.29) is 12.5 Å². The van der Waals surface area contributed by atoms with E-state index in [1.54, 1.807) is 0 Å². The van der Waals surface area contributed by atoms with Gasteiger partial charge in [-0.3, -0.25) is 4.79 Å². The Balaban J connectivity index is 1.90. The maximum absolute atomic E-state index is 12.4. The van der Waals surface area contributed by atoms with Gasteiger partial charge in [-0.1, -0.05) is 42.5 Å². The Bertz CT molecular complexity index is 634. The molecule has 0 aromatic heterocycles. The molecule has 1 heterocycles. The first kappa shape index (κ1) is 13.8. The van der Waals surface area contributed by atoms with Crippen LogP contribution in [0.3, 0.4) is 0 Å². The second kappa shape index (κ2) is 6.10. The highest BCUT2D eigenvalue weighted by atomic mass is 16.3. The number of nitrogens with zero attached hydrogens (tertiary/aromatic N) is 1. The van der Waals surface area contributed by atoms with Gasteiger partial charge in [0.15, 0.2) is 0 Å². The molecule has 1 amide bonds. The van der Waals surface area contributed by atoms with Crippen LogP contribution in [0.1, 0.15) is 29.5 Å². The molecule has 3 heteroatoms. The van der Waals surface area contributed by atoms with Gasteiger partial charge in [0, 0.05) is 12.1 Å². The van der Waals surface area contributed by atoms with E-state index < -0.39 is 0 Å². The van der Waals surface area contributed by atoms with Gasteiger partial charge in [0.05, 0.1) is 13.2 Å². The fourth-order valence-electron chi connectivity index (χ4n) is 2.79. The van der Waals surface area contributed by atoms with Crippen LogP contribution in [0, 0.1) is 0 Å². The van der Waals surface area contributed by atoms with Crippen LogP contribution >= 0.6 is 0 Å². The first-order valence-corrected chi connectivity index (χ1v) is 7.35. The molecule has 0 unspecified atom stereocenters. The van der Waals surface area contributed by atoms with Crippen LogP contribution in [0.25, 0.3) is 0 Å². The van der Waals surface area contributed by atoms with Crippen LogP contribution in [0.5, 0.6) is 0 Å². The summed E-state index contributed by atoms with van der Waals surface area (Å²) in [5.74, 6) is 0.186. The monoisotopic (exact) mass is 281 g/mol. The minimum absolute atomic E-state index is 0.0474. The lowest BCUT2D eigenvalue weighted by atomic mass is 10.1. The number of carbonyl (C=O) groups excluding carboxylic acids is 1. The fraction of sp³-hybridized carbons (Fsp3) is 0.278. The minimum atomic E-state index is 0.0474. The number of para-hydroxylation sites is 1. The van der Waals surface area contributed by atoms with E-state index in [4.69, 9.17) is 5.11 Å². The molecular weight excluding hydrogens is 262 g/mol. The molecule has 0 saturated heterocycles. The standard InChI is InChI=1S/C18H19NO2/c20-13-15-10-8-14(9-11-15)12-19-17-6-2-1-4-16(17)5-3-7-18(19)21/h1-2,4,6,8-11,20H,3,5,7,12-13H2. The molecule has 108 valence electrons. The van der Waals surface area contributed by atoms with Crippen LogP contribution in [0.4, 0.5) is 5.69 Å². The zero-order valence-electron chi connectivity index (χ0n) is 12.0. The summed E-state index contributed by atoms with van der Waals surface area (Å²) >= 11 is 0. The lowest BCUT2D eigenvalue weighted by molar-refractivity contribution is -0.118. The maximum Gasteiger partial charge on any atom is 0.227 e. The first-order chi connectivity index (χ1) is 10.3. The van der Waals surface area contributed by atoms with Crippen molar-refractivity contribution >= 4 is 11.6 Å². The summed E-state index contributed by atoms with van der Waals surface area (Å²) in [7, 11) is 0. The van der Waals surface area contributed by atoms with Crippen LogP contribution in [0.15, 0.2) is 48.5 Å². The molecule has 2 aromatic rings. The third-order valence-corrected chi connectivity index (χ3v) is 3.97. The van der Waals surface area contributed by atoms with Crippen LogP contribution in [-0.4, -0.2) is 11.0 Å². The van der Waals surface area contributed by atoms with E-state index in [9.17, 15) is 4.79 Å². The summed E-state index contributed by atoms with van der Waals surface area (Å²) in [5.41, 5.74) is 4.25. The molecule has 3 rings (SSSR count). The molecule has 1 aliphatic heterocycles. The number of hydrogen-bond donors (Lipinski definition) is 1. The van der Waals surface area contributed by atoms with Gasteiger partial charge in [-0.2, -0.15) is 0 Å². The SMILES string of the molecule is O=C1CCCc2ccccc2N1Cc1ccc(CO)cc1. The Morgan fingerprint density at radius 3 is 2.43 bits per heavy atom. The maximum atomic E-state index is 12.4. The summed E-state index contributed by atoms with van der Waals surface area (Å²) < 4.78 is 0. The van der Waals surface area contributed by atoms with E-state index >= 15 is 0 Å². The summed E-state index contributed by atoms with van der Waals surface area (Å²) in [6.45, 7) is 0.632. The fourth-order valence-corrected chi connectivity index (χ4v) is 2.79. The van der Waals surface area contributed by atoms with E-state index in [0.29, 0.717) is 13.0 Å². The Morgan fingerprint density at radius 1 is 0.952 bits per heavy atom. The largest absolute Gasteiger partial charge is 0.392 e. The van der Waals surface area contributed by atoms with Crippen molar-refractivity contribution in [2.45, 2.75) is 32.4 Å². The first-order valence-electron chi connectivity index (χ1n) is 7.35. The third kappa shape index (κ3) is 2.98. The van der Waals surface area contributed by atoms with Crippen LogP contribution in [-0.2, 0) is 24.4 Å². The van der Waals surface area contributed by atoms with E-state index in [0.717, 1.165) is 29.7 Å².